The summed E-state index contributed by atoms with van der Waals surface area (Å²) in [4.78, 5) is 9.39. The first-order valence-electron chi connectivity index (χ1n) is 7.75. The highest BCUT2D eigenvalue weighted by Gasteiger charge is 2.33. The minimum absolute atomic E-state index is 0.0443. The molecular weight excluding hydrogens is 266 g/mol. The van der Waals surface area contributed by atoms with E-state index in [1.54, 1.807) is 6.26 Å². The molecule has 2 rings (SSSR count). The van der Waals surface area contributed by atoms with Crippen LogP contribution >= 0.6 is 0 Å². The highest BCUT2D eigenvalue weighted by molar-refractivity contribution is 5.04. The van der Waals surface area contributed by atoms with E-state index in [9.17, 15) is 0 Å². The van der Waals surface area contributed by atoms with Crippen LogP contribution in [0.15, 0.2) is 10.7 Å². The summed E-state index contributed by atoms with van der Waals surface area (Å²) in [5.74, 6) is 0.802. The van der Waals surface area contributed by atoms with Gasteiger partial charge in [-0.2, -0.15) is 0 Å². The van der Waals surface area contributed by atoms with Gasteiger partial charge >= 0.3 is 0 Å². The van der Waals surface area contributed by atoms with E-state index in [-0.39, 0.29) is 17.6 Å². The van der Waals surface area contributed by atoms with Gasteiger partial charge in [0.2, 0.25) is 0 Å². The summed E-state index contributed by atoms with van der Waals surface area (Å²) in [6, 6.07) is 0. The number of hydrogen-bond acceptors (Lipinski definition) is 5. The maximum Gasteiger partial charge on any atom is 0.199 e. The van der Waals surface area contributed by atoms with Gasteiger partial charge in [-0.1, -0.05) is 20.8 Å². The molecule has 120 valence electrons. The van der Waals surface area contributed by atoms with Crippen LogP contribution in [0.25, 0.3) is 0 Å². The number of aliphatic hydroxyl groups excluding tert-OH is 1. The van der Waals surface area contributed by atoms with Crippen molar-refractivity contribution in [3.05, 3.63) is 17.8 Å². The lowest BCUT2D eigenvalue weighted by molar-refractivity contribution is 0.00592. The van der Waals surface area contributed by atoms with Crippen LogP contribution in [0.1, 0.15) is 46.2 Å². The zero-order chi connectivity index (χ0) is 15.7. The molecule has 0 aromatic carbocycles. The largest absolute Gasteiger partial charge is 0.448 e. The molecule has 21 heavy (non-hydrogen) atoms. The van der Waals surface area contributed by atoms with Gasteiger partial charge in [0.25, 0.3) is 0 Å². The van der Waals surface area contributed by atoms with Gasteiger partial charge in [0.05, 0.1) is 12.3 Å². The summed E-state index contributed by atoms with van der Waals surface area (Å²) >= 11 is 0. The van der Waals surface area contributed by atoms with E-state index >= 15 is 0 Å². The Balaban J connectivity index is 1.97. The van der Waals surface area contributed by atoms with E-state index in [0.717, 1.165) is 44.3 Å². The van der Waals surface area contributed by atoms with Crippen molar-refractivity contribution >= 4 is 0 Å². The van der Waals surface area contributed by atoms with Crippen LogP contribution in [0.2, 0.25) is 0 Å². The molecule has 0 saturated carbocycles. The molecule has 5 nitrogen and oxygen atoms in total. The first-order valence-corrected chi connectivity index (χ1v) is 7.75. The summed E-state index contributed by atoms with van der Waals surface area (Å²) in [5.41, 5.74) is 1.04. The minimum Gasteiger partial charge on any atom is -0.448 e. The Kier molecular flexibility index (Phi) is 4.76. The van der Waals surface area contributed by atoms with E-state index in [1.807, 2.05) is 0 Å². The number of hydrogen-bond donors (Lipinski definition) is 1. The topological polar surface area (TPSA) is 52.7 Å². The summed E-state index contributed by atoms with van der Waals surface area (Å²) in [6.07, 6.45) is 1.79. The predicted octanol–water partition coefficient (Wildman–Crippen LogP) is 1.86. The quantitative estimate of drug-likeness (QED) is 0.919. The standard InChI is InChI=1S/C16H29N3O2/c1-15(2,3)14-17-13(11-21-14)10-18-6-7-19(8-9-20)16(4,5)12-18/h11,20H,6-10,12H2,1-5H3. The van der Waals surface area contributed by atoms with Crippen LogP contribution in [0, 0.1) is 0 Å². The summed E-state index contributed by atoms with van der Waals surface area (Å²) in [5, 5.41) is 9.15. The third kappa shape index (κ3) is 4.05. The molecule has 1 aliphatic heterocycles. The van der Waals surface area contributed by atoms with Gasteiger partial charge in [-0.25, -0.2) is 4.98 Å². The Morgan fingerprint density at radius 3 is 2.57 bits per heavy atom. The van der Waals surface area contributed by atoms with E-state index in [0.29, 0.717) is 0 Å². The smallest absolute Gasteiger partial charge is 0.199 e. The van der Waals surface area contributed by atoms with E-state index in [1.165, 1.54) is 0 Å². The lowest BCUT2D eigenvalue weighted by Crippen LogP contribution is -2.59. The normalized spacial score (nSPS) is 20.9. The van der Waals surface area contributed by atoms with Crippen molar-refractivity contribution in [1.29, 1.82) is 0 Å². The average molecular weight is 295 g/mol. The van der Waals surface area contributed by atoms with E-state index in [4.69, 9.17) is 9.52 Å². The molecule has 1 aromatic heterocycles. The van der Waals surface area contributed by atoms with E-state index in [2.05, 4.69) is 49.4 Å². The van der Waals surface area contributed by atoms with Gasteiger partial charge in [0, 0.05) is 43.7 Å². The molecule has 1 aliphatic rings. The highest BCUT2D eigenvalue weighted by atomic mass is 16.3. The van der Waals surface area contributed by atoms with Crippen molar-refractivity contribution in [2.45, 2.75) is 52.1 Å². The molecule has 0 unspecified atom stereocenters. The molecule has 1 saturated heterocycles. The molecule has 0 spiro atoms. The number of aromatic nitrogens is 1. The lowest BCUT2D eigenvalue weighted by Gasteiger charge is -2.46. The molecule has 1 aromatic rings. The predicted molar refractivity (Wildman–Crippen MR) is 83.2 cm³/mol. The van der Waals surface area contributed by atoms with Crippen LogP contribution in [0.5, 0.6) is 0 Å². The lowest BCUT2D eigenvalue weighted by atomic mass is 9.97. The fourth-order valence-corrected chi connectivity index (χ4v) is 2.91. The second kappa shape index (κ2) is 6.07. The Hall–Kier alpha value is -0.910. The third-order valence-electron chi connectivity index (χ3n) is 4.10. The number of aliphatic hydroxyl groups is 1. The first-order chi connectivity index (χ1) is 9.72. The van der Waals surface area contributed by atoms with Crippen molar-refractivity contribution in [2.75, 3.05) is 32.8 Å². The molecule has 0 atom stereocenters. The van der Waals surface area contributed by atoms with Gasteiger partial charge in [-0.15, -0.1) is 0 Å². The molecule has 1 fully saturated rings. The van der Waals surface area contributed by atoms with Crippen molar-refractivity contribution in [1.82, 2.24) is 14.8 Å². The van der Waals surface area contributed by atoms with E-state index < -0.39 is 0 Å². The molecule has 0 radical (unpaired) electrons. The van der Waals surface area contributed by atoms with Gasteiger partial charge in [-0.3, -0.25) is 9.80 Å². The zero-order valence-corrected chi connectivity index (χ0v) is 14.0. The highest BCUT2D eigenvalue weighted by Crippen LogP contribution is 2.24. The van der Waals surface area contributed by atoms with Gasteiger partial charge < -0.3 is 9.52 Å². The number of oxazole rings is 1. The monoisotopic (exact) mass is 295 g/mol. The Morgan fingerprint density at radius 1 is 1.33 bits per heavy atom. The fourth-order valence-electron chi connectivity index (χ4n) is 2.91. The van der Waals surface area contributed by atoms with Crippen LogP contribution in [-0.2, 0) is 12.0 Å². The molecule has 1 N–H and O–H groups in total. The van der Waals surface area contributed by atoms with Crippen molar-refractivity contribution in [2.24, 2.45) is 0 Å². The fraction of sp³-hybridized carbons (Fsp3) is 0.812. The Bertz CT molecular complexity index is 462. The number of piperazine rings is 1. The molecule has 0 amide bonds. The maximum atomic E-state index is 9.15. The summed E-state index contributed by atoms with van der Waals surface area (Å²) < 4.78 is 5.60. The van der Waals surface area contributed by atoms with Gasteiger partial charge in [-0.05, 0) is 13.8 Å². The first kappa shape index (κ1) is 16.5. The maximum absolute atomic E-state index is 9.15. The SMILES string of the molecule is CC(C)(C)c1nc(CN2CCN(CCO)C(C)(C)C2)co1. The van der Waals surface area contributed by atoms with Crippen LogP contribution in [-0.4, -0.2) is 58.2 Å². The Labute approximate surface area is 127 Å². The molecule has 2 heterocycles. The minimum atomic E-state index is -0.0443. The second-order valence-electron chi connectivity index (χ2n) is 7.63. The summed E-state index contributed by atoms with van der Waals surface area (Å²) in [7, 11) is 0. The van der Waals surface area contributed by atoms with Gasteiger partial charge in [0.1, 0.15) is 6.26 Å². The van der Waals surface area contributed by atoms with Crippen LogP contribution < -0.4 is 0 Å². The van der Waals surface area contributed by atoms with Crippen molar-refractivity contribution in [3.63, 3.8) is 0 Å². The van der Waals surface area contributed by atoms with Gasteiger partial charge in [0.15, 0.2) is 5.89 Å². The molecule has 0 aliphatic carbocycles. The zero-order valence-electron chi connectivity index (χ0n) is 14.0. The number of nitrogens with zero attached hydrogens (tertiary/aromatic N) is 3. The Morgan fingerprint density at radius 2 is 2.05 bits per heavy atom. The molecule has 0 bridgehead atoms. The van der Waals surface area contributed by atoms with Crippen molar-refractivity contribution < 1.29 is 9.52 Å². The summed E-state index contributed by atoms with van der Waals surface area (Å²) in [6.45, 7) is 15.6. The average Bonchev–Trinajstić information content (AvgIpc) is 2.80. The van der Waals surface area contributed by atoms with Crippen LogP contribution in [0.4, 0.5) is 0 Å². The second-order valence-corrected chi connectivity index (χ2v) is 7.63. The number of β-amino-alcohol motifs (C(OH)–C–C–N with tert-alkyl or cyclic N) is 1. The van der Waals surface area contributed by atoms with Crippen LogP contribution in [0.3, 0.4) is 0 Å². The van der Waals surface area contributed by atoms with Crippen molar-refractivity contribution in [3.8, 4) is 0 Å². The molecular formula is C16H29N3O2. The third-order valence-corrected chi connectivity index (χ3v) is 4.10. The molecule has 5 heteroatoms. The number of rotatable bonds is 4.